The van der Waals surface area contributed by atoms with Gasteiger partial charge in [0.2, 0.25) is 0 Å². The maximum absolute atomic E-state index is 9.08. The first-order valence-electron chi connectivity index (χ1n) is 6.90. The van der Waals surface area contributed by atoms with Gasteiger partial charge >= 0.3 is 0 Å². The van der Waals surface area contributed by atoms with Gasteiger partial charge in [-0.15, -0.1) is 11.3 Å². The number of benzene rings is 1. The van der Waals surface area contributed by atoms with E-state index in [9.17, 15) is 0 Å². The van der Waals surface area contributed by atoms with E-state index in [1.54, 1.807) is 11.3 Å². The van der Waals surface area contributed by atoms with Gasteiger partial charge in [-0.1, -0.05) is 29.3 Å². The van der Waals surface area contributed by atoms with Crippen LogP contribution in [0.5, 0.6) is 0 Å². The quantitative estimate of drug-likeness (QED) is 0.784. The topological polar surface area (TPSA) is 23.5 Å². The van der Waals surface area contributed by atoms with Crippen LogP contribution < -0.4 is 0 Å². The van der Waals surface area contributed by atoms with Crippen LogP contribution in [-0.4, -0.2) is 23.2 Å². The lowest BCUT2D eigenvalue weighted by Crippen LogP contribution is -2.24. The van der Waals surface area contributed by atoms with Crippen LogP contribution in [0.1, 0.15) is 22.4 Å². The van der Waals surface area contributed by atoms with Gasteiger partial charge in [-0.3, -0.25) is 4.90 Å². The molecule has 1 aromatic heterocycles. The SMILES string of the molecule is Cc1ccsc1CN(CCCO)Cc1ccc(Cl)c(Cl)c1. The van der Waals surface area contributed by atoms with E-state index < -0.39 is 0 Å². The fourth-order valence-corrected chi connectivity index (χ4v) is 3.44. The Hall–Kier alpha value is -0.580. The maximum Gasteiger partial charge on any atom is 0.0595 e. The summed E-state index contributed by atoms with van der Waals surface area (Å²) in [5, 5.41) is 12.4. The minimum atomic E-state index is 0.210. The van der Waals surface area contributed by atoms with E-state index in [0.29, 0.717) is 10.0 Å². The number of aliphatic hydroxyl groups excluding tert-OH is 1. The molecular formula is C16H19Cl2NOS. The lowest BCUT2D eigenvalue weighted by Gasteiger charge is -2.22. The van der Waals surface area contributed by atoms with Crippen molar-refractivity contribution in [3.8, 4) is 0 Å². The largest absolute Gasteiger partial charge is 0.396 e. The standard InChI is InChI=1S/C16H19Cl2NOS/c1-12-5-8-21-16(12)11-19(6-2-7-20)10-13-3-4-14(17)15(18)9-13/h3-5,8-9,20H,2,6-7,10-11H2,1H3. The van der Waals surface area contributed by atoms with Crippen LogP contribution in [-0.2, 0) is 13.1 Å². The predicted octanol–water partition coefficient (Wildman–Crippen LogP) is 4.75. The second-order valence-corrected chi connectivity index (χ2v) is 6.88. The highest BCUT2D eigenvalue weighted by Crippen LogP contribution is 2.24. The molecule has 0 aliphatic heterocycles. The molecule has 0 unspecified atom stereocenters. The van der Waals surface area contributed by atoms with Gasteiger partial charge in [0.1, 0.15) is 0 Å². The number of nitrogens with zero attached hydrogens (tertiary/aromatic N) is 1. The van der Waals surface area contributed by atoms with E-state index in [-0.39, 0.29) is 6.61 Å². The molecule has 0 bridgehead atoms. The molecule has 0 aliphatic rings. The summed E-state index contributed by atoms with van der Waals surface area (Å²) >= 11 is 13.8. The van der Waals surface area contributed by atoms with Crippen molar-refractivity contribution >= 4 is 34.5 Å². The second-order valence-electron chi connectivity index (χ2n) is 5.06. The molecule has 0 saturated heterocycles. The molecule has 0 aliphatic carbocycles. The van der Waals surface area contributed by atoms with Crippen molar-refractivity contribution in [1.29, 1.82) is 0 Å². The Labute approximate surface area is 139 Å². The summed E-state index contributed by atoms with van der Waals surface area (Å²) in [6.45, 7) is 4.89. The van der Waals surface area contributed by atoms with Gasteiger partial charge in [-0.25, -0.2) is 0 Å². The zero-order valence-corrected chi connectivity index (χ0v) is 14.3. The third-order valence-electron chi connectivity index (χ3n) is 3.36. The highest BCUT2D eigenvalue weighted by molar-refractivity contribution is 7.10. The van der Waals surface area contributed by atoms with Crippen LogP contribution in [0.15, 0.2) is 29.6 Å². The summed E-state index contributed by atoms with van der Waals surface area (Å²) < 4.78 is 0. The molecule has 0 saturated carbocycles. The van der Waals surface area contributed by atoms with Crippen molar-refractivity contribution < 1.29 is 5.11 Å². The van der Waals surface area contributed by atoms with Gasteiger partial charge in [0, 0.05) is 31.1 Å². The fourth-order valence-electron chi connectivity index (χ4n) is 2.17. The molecule has 114 valence electrons. The van der Waals surface area contributed by atoms with E-state index in [0.717, 1.165) is 31.6 Å². The number of aliphatic hydroxyl groups is 1. The van der Waals surface area contributed by atoms with Crippen molar-refractivity contribution in [3.05, 3.63) is 55.7 Å². The van der Waals surface area contributed by atoms with Crippen molar-refractivity contribution in [2.75, 3.05) is 13.2 Å². The third kappa shape index (κ3) is 4.97. The number of hydrogen-bond acceptors (Lipinski definition) is 3. The van der Waals surface area contributed by atoms with Gasteiger partial charge < -0.3 is 5.11 Å². The number of rotatable bonds is 7. The minimum Gasteiger partial charge on any atom is -0.396 e. The van der Waals surface area contributed by atoms with Crippen LogP contribution >= 0.6 is 34.5 Å². The number of thiophene rings is 1. The minimum absolute atomic E-state index is 0.210. The van der Waals surface area contributed by atoms with E-state index in [2.05, 4.69) is 23.3 Å². The molecule has 1 N–H and O–H groups in total. The van der Waals surface area contributed by atoms with Gasteiger partial charge in [0.25, 0.3) is 0 Å². The molecule has 0 radical (unpaired) electrons. The molecule has 1 aromatic carbocycles. The van der Waals surface area contributed by atoms with Gasteiger partial charge in [-0.05, 0) is 48.1 Å². The van der Waals surface area contributed by atoms with Crippen LogP contribution in [0.25, 0.3) is 0 Å². The first kappa shape index (κ1) is 16.8. The molecule has 0 atom stereocenters. The molecule has 2 nitrogen and oxygen atoms in total. The van der Waals surface area contributed by atoms with E-state index in [4.69, 9.17) is 28.3 Å². The molecule has 2 aromatic rings. The van der Waals surface area contributed by atoms with Crippen molar-refractivity contribution in [3.63, 3.8) is 0 Å². The number of aryl methyl sites for hydroxylation is 1. The molecule has 0 fully saturated rings. The van der Waals surface area contributed by atoms with E-state index in [1.165, 1.54) is 10.4 Å². The number of hydrogen-bond donors (Lipinski definition) is 1. The van der Waals surface area contributed by atoms with Crippen molar-refractivity contribution in [2.24, 2.45) is 0 Å². The Morgan fingerprint density at radius 1 is 1.14 bits per heavy atom. The predicted molar refractivity (Wildman–Crippen MR) is 91.3 cm³/mol. The summed E-state index contributed by atoms with van der Waals surface area (Å²) in [7, 11) is 0. The molecule has 21 heavy (non-hydrogen) atoms. The zero-order chi connectivity index (χ0) is 15.2. The monoisotopic (exact) mass is 343 g/mol. The van der Waals surface area contributed by atoms with Gasteiger partial charge in [0.15, 0.2) is 0 Å². The highest BCUT2D eigenvalue weighted by atomic mass is 35.5. The zero-order valence-electron chi connectivity index (χ0n) is 12.0. The lowest BCUT2D eigenvalue weighted by atomic mass is 10.2. The van der Waals surface area contributed by atoms with Crippen molar-refractivity contribution in [2.45, 2.75) is 26.4 Å². The summed E-state index contributed by atoms with van der Waals surface area (Å²) in [5.74, 6) is 0. The summed E-state index contributed by atoms with van der Waals surface area (Å²) in [5.41, 5.74) is 2.46. The van der Waals surface area contributed by atoms with E-state index in [1.807, 2.05) is 18.2 Å². The smallest absolute Gasteiger partial charge is 0.0595 e. The van der Waals surface area contributed by atoms with Crippen LogP contribution in [0, 0.1) is 6.92 Å². The Balaban J connectivity index is 2.08. The summed E-state index contributed by atoms with van der Waals surface area (Å²) in [6.07, 6.45) is 0.770. The molecule has 0 amide bonds. The first-order chi connectivity index (χ1) is 10.1. The van der Waals surface area contributed by atoms with Crippen LogP contribution in [0.4, 0.5) is 0 Å². The van der Waals surface area contributed by atoms with E-state index >= 15 is 0 Å². The third-order valence-corrected chi connectivity index (χ3v) is 5.10. The molecule has 2 rings (SSSR count). The van der Waals surface area contributed by atoms with Crippen LogP contribution in [0.3, 0.4) is 0 Å². The molecule has 1 heterocycles. The maximum atomic E-state index is 9.08. The first-order valence-corrected chi connectivity index (χ1v) is 8.54. The second kappa shape index (κ2) is 8.16. The molecule has 5 heteroatoms. The van der Waals surface area contributed by atoms with Crippen molar-refractivity contribution in [1.82, 2.24) is 4.90 Å². The molecular weight excluding hydrogens is 325 g/mol. The Morgan fingerprint density at radius 3 is 2.57 bits per heavy atom. The van der Waals surface area contributed by atoms with Gasteiger partial charge in [0.05, 0.1) is 10.0 Å². The Kier molecular flexibility index (Phi) is 6.52. The summed E-state index contributed by atoms with van der Waals surface area (Å²) in [4.78, 5) is 3.70. The van der Waals surface area contributed by atoms with Gasteiger partial charge in [-0.2, -0.15) is 0 Å². The van der Waals surface area contributed by atoms with Crippen LogP contribution in [0.2, 0.25) is 10.0 Å². The average Bonchev–Trinajstić information content (AvgIpc) is 2.85. The Bertz CT molecular complexity index is 585. The highest BCUT2D eigenvalue weighted by Gasteiger charge is 2.10. The fraction of sp³-hybridized carbons (Fsp3) is 0.375. The lowest BCUT2D eigenvalue weighted by molar-refractivity contribution is 0.213. The molecule has 0 spiro atoms. The Morgan fingerprint density at radius 2 is 1.95 bits per heavy atom. The summed E-state index contributed by atoms with van der Waals surface area (Å²) in [6, 6.07) is 7.89. The normalized spacial score (nSPS) is 11.3. The number of halogens is 2. The average molecular weight is 344 g/mol.